The average Bonchev–Trinajstić information content (AvgIpc) is 3.30. The van der Waals surface area contributed by atoms with Crippen molar-refractivity contribution >= 4 is 11.9 Å². The molecule has 1 N–H and O–H groups in total. The van der Waals surface area contributed by atoms with Gasteiger partial charge in [0.05, 0.1) is 18.1 Å². The van der Waals surface area contributed by atoms with Crippen molar-refractivity contribution in [2.75, 3.05) is 24.6 Å². The minimum atomic E-state index is -0.329. The number of aliphatic hydroxyl groups excluding tert-OH is 1. The van der Waals surface area contributed by atoms with Crippen LogP contribution >= 0.6 is 0 Å². The number of aromatic nitrogens is 3. The van der Waals surface area contributed by atoms with Gasteiger partial charge in [-0.2, -0.15) is 0 Å². The van der Waals surface area contributed by atoms with E-state index in [1.165, 1.54) is 0 Å². The summed E-state index contributed by atoms with van der Waals surface area (Å²) < 4.78 is 7.42. The van der Waals surface area contributed by atoms with Crippen molar-refractivity contribution in [2.24, 2.45) is 11.3 Å². The summed E-state index contributed by atoms with van der Waals surface area (Å²) >= 11 is 0. The van der Waals surface area contributed by atoms with E-state index in [4.69, 9.17) is 4.74 Å². The van der Waals surface area contributed by atoms with E-state index >= 15 is 0 Å². The molecule has 138 valence electrons. The highest BCUT2D eigenvalue weighted by Gasteiger charge is 2.50. The number of cyclic esters (lactones) is 1. The van der Waals surface area contributed by atoms with E-state index in [9.17, 15) is 9.90 Å². The molecule has 1 atom stereocenters. The molecule has 3 heterocycles. The van der Waals surface area contributed by atoms with Crippen LogP contribution in [0.3, 0.4) is 0 Å². The first-order valence-corrected chi connectivity index (χ1v) is 9.63. The maximum Gasteiger partial charge on any atom is 0.314 e. The molecule has 1 aromatic heterocycles. The van der Waals surface area contributed by atoms with Gasteiger partial charge in [-0.3, -0.25) is 9.36 Å². The molecule has 7 nitrogen and oxygen atoms in total. The zero-order valence-electron chi connectivity index (χ0n) is 15.0. The van der Waals surface area contributed by atoms with Gasteiger partial charge in [0.2, 0.25) is 5.95 Å². The van der Waals surface area contributed by atoms with Gasteiger partial charge in [-0.15, -0.1) is 10.2 Å². The van der Waals surface area contributed by atoms with Crippen LogP contribution in [0.15, 0.2) is 0 Å². The van der Waals surface area contributed by atoms with Crippen LogP contribution in [-0.4, -0.2) is 51.6 Å². The Morgan fingerprint density at radius 2 is 2.04 bits per heavy atom. The SMILES string of the molecule is CCn1c(CC2CCC(O)CC2)nnc1N1CCC2(CCOC2=O)C1. The van der Waals surface area contributed by atoms with E-state index in [-0.39, 0.29) is 17.5 Å². The van der Waals surface area contributed by atoms with Crippen molar-refractivity contribution < 1.29 is 14.6 Å². The van der Waals surface area contributed by atoms with Gasteiger partial charge in [0, 0.05) is 26.1 Å². The number of hydrogen-bond acceptors (Lipinski definition) is 6. The van der Waals surface area contributed by atoms with E-state index in [0.717, 1.165) is 69.8 Å². The third-order valence-electron chi connectivity index (χ3n) is 6.30. The molecule has 2 aliphatic heterocycles. The zero-order valence-corrected chi connectivity index (χ0v) is 15.0. The van der Waals surface area contributed by atoms with Crippen molar-refractivity contribution in [1.29, 1.82) is 0 Å². The van der Waals surface area contributed by atoms with E-state index in [2.05, 4.69) is 26.6 Å². The molecule has 1 spiro atoms. The van der Waals surface area contributed by atoms with Gasteiger partial charge in [0.25, 0.3) is 0 Å². The molecule has 1 aliphatic carbocycles. The Morgan fingerprint density at radius 3 is 2.72 bits per heavy atom. The summed E-state index contributed by atoms with van der Waals surface area (Å²) in [7, 11) is 0. The van der Waals surface area contributed by atoms with Gasteiger partial charge in [-0.05, 0) is 51.4 Å². The minimum Gasteiger partial charge on any atom is -0.465 e. The second-order valence-corrected chi connectivity index (χ2v) is 7.88. The minimum absolute atomic E-state index is 0.0430. The molecule has 1 aromatic rings. The van der Waals surface area contributed by atoms with Gasteiger partial charge < -0.3 is 14.7 Å². The van der Waals surface area contributed by atoms with E-state index in [0.29, 0.717) is 19.1 Å². The van der Waals surface area contributed by atoms with Crippen molar-refractivity contribution in [1.82, 2.24) is 14.8 Å². The molecular weight excluding hydrogens is 320 g/mol. The van der Waals surface area contributed by atoms with E-state index < -0.39 is 0 Å². The number of carbonyl (C=O) groups excluding carboxylic acids is 1. The monoisotopic (exact) mass is 348 g/mol. The van der Waals surface area contributed by atoms with Gasteiger partial charge in [-0.1, -0.05) is 0 Å². The summed E-state index contributed by atoms with van der Waals surface area (Å²) in [5, 5.41) is 18.6. The number of esters is 1. The predicted molar refractivity (Wildman–Crippen MR) is 92.2 cm³/mol. The third kappa shape index (κ3) is 3.03. The first kappa shape index (κ1) is 16.8. The Kier molecular flexibility index (Phi) is 4.43. The average molecular weight is 348 g/mol. The Bertz CT molecular complexity index is 638. The normalized spacial score (nSPS) is 32.6. The van der Waals surface area contributed by atoms with Gasteiger partial charge in [0.15, 0.2) is 0 Å². The molecule has 2 saturated heterocycles. The fourth-order valence-corrected chi connectivity index (χ4v) is 4.65. The first-order valence-electron chi connectivity index (χ1n) is 9.63. The lowest BCUT2D eigenvalue weighted by molar-refractivity contribution is -0.145. The van der Waals surface area contributed by atoms with Crippen molar-refractivity contribution in [3.05, 3.63) is 5.82 Å². The Morgan fingerprint density at radius 1 is 1.24 bits per heavy atom. The smallest absolute Gasteiger partial charge is 0.314 e. The maximum absolute atomic E-state index is 12.1. The molecule has 25 heavy (non-hydrogen) atoms. The fraction of sp³-hybridized carbons (Fsp3) is 0.833. The van der Waals surface area contributed by atoms with Crippen LogP contribution in [0.4, 0.5) is 5.95 Å². The number of hydrogen-bond donors (Lipinski definition) is 1. The van der Waals surface area contributed by atoms with Crippen LogP contribution in [-0.2, 0) is 22.5 Å². The number of carbonyl (C=O) groups is 1. The van der Waals surface area contributed by atoms with Gasteiger partial charge in [0.1, 0.15) is 5.82 Å². The van der Waals surface area contributed by atoms with Gasteiger partial charge >= 0.3 is 5.97 Å². The predicted octanol–water partition coefficient (Wildman–Crippen LogP) is 1.53. The zero-order chi connectivity index (χ0) is 17.4. The lowest BCUT2D eigenvalue weighted by Crippen LogP contribution is -2.32. The highest BCUT2D eigenvalue weighted by molar-refractivity contribution is 5.80. The molecule has 1 saturated carbocycles. The highest BCUT2D eigenvalue weighted by atomic mass is 16.5. The lowest BCUT2D eigenvalue weighted by Gasteiger charge is -2.25. The molecule has 3 fully saturated rings. The van der Waals surface area contributed by atoms with Crippen LogP contribution in [0.2, 0.25) is 0 Å². The summed E-state index contributed by atoms with van der Waals surface area (Å²) in [6.45, 7) is 5.03. The number of rotatable bonds is 4. The fourth-order valence-electron chi connectivity index (χ4n) is 4.65. The first-order chi connectivity index (χ1) is 12.1. The number of aliphatic hydroxyl groups is 1. The summed E-state index contributed by atoms with van der Waals surface area (Å²) in [6, 6.07) is 0. The van der Waals surface area contributed by atoms with Crippen molar-refractivity contribution in [3.63, 3.8) is 0 Å². The molecule has 4 rings (SSSR count). The number of nitrogens with zero attached hydrogens (tertiary/aromatic N) is 4. The summed E-state index contributed by atoms with van der Waals surface area (Å²) in [4.78, 5) is 14.3. The third-order valence-corrected chi connectivity index (χ3v) is 6.30. The molecule has 0 aromatic carbocycles. The van der Waals surface area contributed by atoms with E-state index in [1.807, 2.05) is 0 Å². The topological polar surface area (TPSA) is 80.5 Å². The Balaban J connectivity index is 1.48. The standard InChI is InChI=1S/C18H28N4O3/c1-2-22-15(11-13-3-5-14(23)6-4-13)19-20-17(22)21-9-7-18(12-21)8-10-25-16(18)24/h13-14,23H,2-12H2,1H3. The molecule has 1 unspecified atom stereocenters. The van der Waals surface area contributed by atoms with Crippen LogP contribution in [0.25, 0.3) is 0 Å². The van der Waals surface area contributed by atoms with Crippen LogP contribution < -0.4 is 4.90 Å². The molecule has 0 radical (unpaired) electrons. The summed E-state index contributed by atoms with van der Waals surface area (Å²) in [5.41, 5.74) is -0.329. The molecule has 7 heteroatoms. The Hall–Kier alpha value is -1.63. The second kappa shape index (κ2) is 6.59. The van der Waals surface area contributed by atoms with Crippen molar-refractivity contribution in [3.8, 4) is 0 Å². The quantitative estimate of drug-likeness (QED) is 0.831. The Labute approximate surface area is 148 Å². The largest absolute Gasteiger partial charge is 0.465 e. The van der Waals surface area contributed by atoms with Crippen LogP contribution in [0.1, 0.15) is 51.3 Å². The van der Waals surface area contributed by atoms with Crippen LogP contribution in [0.5, 0.6) is 0 Å². The summed E-state index contributed by atoms with van der Waals surface area (Å²) in [6.07, 6.45) is 6.38. The lowest BCUT2D eigenvalue weighted by atomic mass is 9.85. The molecule has 3 aliphatic rings. The highest BCUT2D eigenvalue weighted by Crippen LogP contribution is 2.40. The van der Waals surface area contributed by atoms with Crippen molar-refractivity contribution in [2.45, 2.75) is 64.5 Å². The number of ether oxygens (including phenoxy) is 1. The van der Waals surface area contributed by atoms with Gasteiger partial charge in [-0.25, -0.2) is 0 Å². The maximum atomic E-state index is 12.1. The summed E-state index contributed by atoms with van der Waals surface area (Å²) in [5.74, 6) is 2.47. The molecule has 0 amide bonds. The second-order valence-electron chi connectivity index (χ2n) is 7.88. The molecule has 0 bridgehead atoms. The number of anilines is 1. The van der Waals surface area contributed by atoms with Crippen LogP contribution in [0, 0.1) is 11.3 Å². The molecular formula is C18H28N4O3. The van der Waals surface area contributed by atoms with E-state index in [1.54, 1.807) is 0 Å².